The number of rotatable bonds is 5. The zero-order chi connectivity index (χ0) is 14.2. The van der Waals surface area contributed by atoms with E-state index in [2.05, 4.69) is 52.0 Å². The van der Waals surface area contributed by atoms with Crippen molar-refractivity contribution in [3.8, 4) is 0 Å². The van der Waals surface area contributed by atoms with E-state index in [1.807, 2.05) is 0 Å². The number of hydrogen-bond acceptors (Lipinski definition) is 3. The number of nitrogens with one attached hydrogen (secondary N) is 1. The van der Waals surface area contributed by atoms with Gasteiger partial charge in [-0.25, -0.2) is 0 Å². The summed E-state index contributed by atoms with van der Waals surface area (Å²) in [6.45, 7) is 11.4. The van der Waals surface area contributed by atoms with Gasteiger partial charge in [-0.05, 0) is 32.9 Å². The number of fused-ring (bicyclic) bond motifs is 1. The lowest BCUT2D eigenvalue weighted by molar-refractivity contribution is -0.193. The van der Waals surface area contributed by atoms with E-state index in [4.69, 9.17) is 4.74 Å². The van der Waals surface area contributed by atoms with Gasteiger partial charge in [0, 0.05) is 36.6 Å². The van der Waals surface area contributed by atoms with Crippen LogP contribution in [-0.2, 0) is 4.74 Å². The molecule has 1 N–H and O–H groups in total. The highest BCUT2D eigenvalue weighted by Gasteiger charge is 2.57. The van der Waals surface area contributed by atoms with Gasteiger partial charge in [-0.15, -0.1) is 0 Å². The highest BCUT2D eigenvalue weighted by molar-refractivity contribution is 5.10. The summed E-state index contributed by atoms with van der Waals surface area (Å²) < 4.78 is 5.97. The Morgan fingerprint density at radius 2 is 2.00 bits per heavy atom. The smallest absolute Gasteiger partial charge is 0.0684 e. The van der Waals surface area contributed by atoms with Crippen molar-refractivity contribution < 1.29 is 4.74 Å². The van der Waals surface area contributed by atoms with Gasteiger partial charge >= 0.3 is 0 Å². The topological polar surface area (TPSA) is 24.5 Å². The van der Waals surface area contributed by atoms with Crippen LogP contribution >= 0.6 is 0 Å². The molecule has 19 heavy (non-hydrogen) atoms. The Morgan fingerprint density at radius 3 is 2.58 bits per heavy atom. The van der Waals surface area contributed by atoms with Gasteiger partial charge in [-0.1, -0.05) is 27.7 Å². The summed E-state index contributed by atoms with van der Waals surface area (Å²) in [5.41, 5.74) is 0.291. The van der Waals surface area contributed by atoms with Crippen molar-refractivity contribution in [3.63, 3.8) is 0 Å². The first kappa shape index (κ1) is 15.3. The van der Waals surface area contributed by atoms with Crippen LogP contribution in [0.1, 0.15) is 40.5 Å². The van der Waals surface area contributed by atoms with Gasteiger partial charge in [0.15, 0.2) is 0 Å². The molecule has 2 fully saturated rings. The van der Waals surface area contributed by atoms with Gasteiger partial charge in [-0.3, -0.25) is 0 Å². The molecule has 1 saturated heterocycles. The van der Waals surface area contributed by atoms with Crippen LogP contribution in [0.4, 0.5) is 0 Å². The van der Waals surface area contributed by atoms with Gasteiger partial charge in [0.25, 0.3) is 0 Å². The van der Waals surface area contributed by atoms with E-state index in [1.54, 1.807) is 0 Å². The Balaban J connectivity index is 1.92. The summed E-state index contributed by atoms with van der Waals surface area (Å²) in [4.78, 5) is 2.35. The standard InChI is InChI=1S/C16H32N2O/c1-11(2)13(18(5)6)10-17-14-12-8-7-9-19-15(12)16(14,3)4/h11-15,17H,7-10H2,1-6H3. The molecule has 3 nitrogen and oxygen atoms in total. The first-order chi connectivity index (χ1) is 8.85. The van der Waals surface area contributed by atoms with E-state index >= 15 is 0 Å². The molecule has 0 aromatic carbocycles. The summed E-state index contributed by atoms with van der Waals surface area (Å²) in [6, 6.07) is 1.23. The van der Waals surface area contributed by atoms with Gasteiger partial charge in [0.05, 0.1) is 6.10 Å². The van der Waals surface area contributed by atoms with E-state index in [0.717, 1.165) is 19.1 Å². The maximum atomic E-state index is 5.97. The molecule has 1 aliphatic heterocycles. The molecule has 1 saturated carbocycles. The van der Waals surface area contributed by atoms with Crippen molar-refractivity contribution in [2.24, 2.45) is 17.3 Å². The molecule has 4 unspecified atom stereocenters. The van der Waals surface area contributed by atoms with Gasteiger partial charge < -0.3 is 15.0 Å². The van der Waals surface area contributed by atoms with E-state index in [9.17, 15) is 0 Å². The largest absolute Gasteiger partial charge is 0.377 e. The monoisotopic (exact) mass is 268 g/mol. The van der Waals surface area contributed by atoms with Crippen LogP contribution in [0.15, 0.2) is 0 Å². The SMILES string of the molecule is CC(C)C(CNC1C2CCCOC2C1(C)C)N(C)C. The second-order valence-electron chi connectivity index (χ2n) is 7.58. The molecule has 0 bridgehead atoms. The van der Waals surface area contributed by atoms with Crippen LogP contribution in [0.5, 0.6) is 0 Å². The summed E-state index contributed by atoms with van der Waals surface area (Å²) in [5.74, 6) is 1.42. The third kappa shape index (κ3) is 2.84. The maximum absolute atomic E-state index is 5.97. The van der Waals surface area contributed by atoms with Gasteiger partial charge in [0.1, 0.15) is 0 Å². The quantitative estimate of drug-likeness (QED) is 0.828. The maximum Gasteiger partial charge on any atom is 0.0684 e. The summed E-state index contributed by atoms with van der Waals surface area (Å²) >= 11 is 0. The molecule has 0 aromatic rings. The van der Waals surface area contributed by atoms with Crippen LogP contribution < -0.4 is 5.32 Å². The van der Waals surface area contributed by atoms with Crippen LogP contribution in [-0.4, -0.2) is 50.3 Å². The first-order valence-electron chi connectivity index (χ1n) is 7.87. The molecule has 3 heteroatoms. The van der Waals surface area contributed by atoms with Gasteiger partial charge in [0.2, 0.25) is 0 Å². The van der Waals surface area contributed by atoms with Crippen LogP contribution in [0.25, 0.3) is 0 Å². The summed E-state index contributed by atoms with van der Waals surface area (Å²) in [5, 5.41) is 3.85. The molecule has 0 amide bonds. The lowest BCUT2D eigenvalue weighted by Crippen LogP contribution is -2.70. The zero-order valence-corrected chi connectivity index (χ0v) is 13.6. The molecule has 0 spiro atoms. The minimum atomic E-state index is 0.291. The molecular formula is C16H32N2O. The molecule has 2 aliphatic rings. The number of hydrogen-bond donors (Lipinski definition) is 1. The highest BCUT2D eigenvalue weighted by atomic mass is 16.5. The van der Waals surface area contributed by atoms with Crippen LogP contribution in [0.2, 0.25) is 0 Å². The first-order valence-corrected chi connectivity index (χ1v) is 7.87. The van der Waals surface area contributed by atoms with Crippen molar-refractivity contribution in [3.05, 3.63) is 0 Å². The average molecular weight is 268 g/mol. The van der Waals surface area contributed by atoms with Crippen molar-refractivity contribution in [1.29, 1.82) is 0 Å². The lowest BCUT2D eigenvalue weighted by Gasteiger charge is -2.60. The Hall–Kier alpha value is -0.120. The van der Waals surface area contributed by atoms with E-state index in [1.165, 1.54) is 12.8 Å². The van der Waals surface area contributed by atoms with Crippen LogP contribution in [0.3, 0.4) is 0 Å². The molecule has 112 valence electrons. The molecule has 0 aromatic heterocycles. The molecule has 1 aliphatic carbocycles. The minimum Gasteiger partial charge on any atom is -0.377 e. The molecule has 4 atom stereocenters. The summed E-state index contributed by atoms with van der Waals surface area (Å²) in [7, 11) is 4.37. The molecular weight excluding hydrogens is 236 g/mol. The third-order valence-corrected chi connectivity index (χ3v) is 5.31. The second-order valence-corrected chi connectivity index (χ2v) is 7.58. The van der Waals surface area contributed by atoms with Gasteiger partial charge in [-0.2, -0.15) is 0 Å². The fraction of sp³-hybridized carbons (Fsp3) is 1.00. The lowest BCUT2D eigenvalue weighted by atomic mass is 9.55. The fourth-order valence-corrected chi connectivity index (χ4v) is 4.20. The predicted octanol–water partition coefficient (Wildman–Crippen LogP) is 2.37. The number of nitrogens with zero attached hydrogens (tertiary/aromatic N) is 1. The van der Waals surface area contributed by atoms with Crippen molar-refractivity contribution >= 4 is 0 Å². The number of likely N-dealkylation sites (N-methyl/N-ethyl adjacent to an activating group) is 1. The van der Waals surface area contributed by atoms with Crippen molar-refractivity contribution in [2.75, 3.05) is 27.2 Å². The van der Waals surface area contributed by atoms with E-state index in [-0.39, 0.29) is 0 Å². The normalized spacial score (nSPS) is 35.1. The van der Waals surface area contributed by atoms with Crippen molar-refractivity contribution in [1.82, 2.24) is 10.2 Å². The molecule has 1 heterocycles. The Morgan fingerprint density at radius 1 is 1.32 bits per heavy atom. The van der Waals surface area contributed by atoms with Crippen molar-refractivity contribution in [2.45, 2.75) is 58.7 Å². The van der Waals surface area contributed by atoms with E-state index in [0.29, 0.717) is 29.5 Å². The Bertz CT molecular complexity index is 293. The van der Waals surface area contributed by atoms with Crippen LogP contribution in [0, 0.1) is 17.3 Å². The zero-order valence-electron chi connectivity index (χ0n) is 13.6. The molecule has 0 radical (unpaired) electrons. The Labute approximate surface area is 119 Å². The Kier molecular flexibility index (Phi) is 4.59. The fourth-order valence-electron chi connectivity index (χ4n) is 4.20. The number of ether oxygens (including phenoxy) is 1. The van der Waals surface area contributed by atoms with E-state index < -0.39 is 0 Å². The predicted molar refractivity (Wildman–Crippen MR) is 80.3 cm³/mol. The minimum absolute atomic E-state index is 0.291. The highest BCUT2D eigenvalue weighted by Crippen LogP contribution is 2.51. The summed E-state index contributed by atoms with van der Waals surface area (Å²) in [6.07, 6.45) is 3.05. The molecule has 2 rings (SSSR count). The second kappa shape index (κ2) is 5.71. The average Bonchev–Trinajstić information content (AvgIpc) is 2.33. The third-order valence-electron chi connectivity index (χ3n) is 5.31.